The fourth-order valence-electron chi connectivity index (χ4n) is 3.48. The summed E-state index contributed by atoms with van der Waals surface area (Å²) in [5.74, 6) is 0.808. The predicted molar refractivity (Wildman–Crippen MR) is 110 cm³/mol. The Balaban J connectivity index is 1.63. The van der Waals surface area contributed by atoms with Gasteiger partial charge in [-0.15, -0.1) is 0 Å². The van der Waals surface area contributed by atoms with Crippen LogP contribution in [-0.4, -0.2) is 23.7 Å². The Bertz CT molecular complexity index is 967. The summed E-state index contributed by atoms with van der Waals surface area (Å²) < 4.78 is 5.24. The summed E-state index contributed by atoms with van der Waals surface area (Å²) in [6.45, 7) is 0. The van der Waals surface area contributed by atoms with Gasteiger partial charge in [-0.1, -0.05) is 60.7 Å². The molecular weight excluding hydrogens is 348 g/mol. The van der Waals surface area contributed by atoms with Gasteiger partial charge in [-0.2, -0.15) is 5.10 Å². The van der Waals surface area contributed by atoms with Crippen LogP contribution in [0.4, 0.5) is 0 Å². The maximum Gasteiger partial charge on any atom is 0.247 e. The number of methoxy groups -OCH3 is 1. The molecule has 1 heterocycles. The first kappa shape index (κ1) is 18.0. The van der Waals surface area contributed by atoms with Crippen molar-refractivity contribution in [3.63, 3.8) is 0 Å². The third kappa shape index (κ3) is 3.81. The van der Waals surface area contributed by atoms with E-state index in [0.717, 1.165) is 28.2 Å². The third-order valence-corrected chi connectivity index (χ3v) is 4.97. The lowest BCUT2D eigenvalue weighted by molar-refractivity contribution is -0.132. The van der Waals surface area contributed by atoms with Gasteiger partial charge in [0.2, 0.25) is 5.91 Å². The summed E-state index contributed by atoms with van der Waals surface area (Å²) in [7, 11) is 1.65. The van der Waals surface area contributed by atoms with Crippen LogP contribution in [0.3, 0.4) is 0 Å². The Morgan fingerprint density at radius 3 is 2.25 bits per heavy atom. The molecule has 0 fully saturated rings. The van der Waals surface area contributed by atoms with E-state index in [2.05, 4.69) is 12.1 Å². The molecule has 3 aromatic carbocycles. The highest BCUT2D eigenvalue weighted by molar-refractivity contribution is 6.03. The van der Waals surface area contributed by atoms with E-state index < -0.39 is 0 Å². The number of hydrogen-bond acceptors (Lipinski definition) is 3. The van der Waals surface area contributed by atoms with Gasteiger partial charge >= 0.3 is 0 Å². The summed E-state index contributed by atoms with van der Waals surface area (Å²) >= 11 is 0. The Hall–Kier alpha value is -3.40. The monoisotopic (exact) mass is 370 g/mol. The molecule has 28 heavy (non-hydrogen) atoms. The number of carbonyl (C=O) groups excluding carboxylic acids is 1. The van der Waals surface area contributed by atoms with Gasteiger partial charge in [0, 0.05) is 6.42 Å². The first-order chi connectivity index (χ1) is 13.7. The zero-order valence-corrected chi connectivity index (χ0v) is 15.8. The molecule has 3 aromatic rings. The number of ether oxygens (including phenoxy) is 1. The Kier molecular flexibility index (Phi) is 5.20. The number of amides is 1. The Morgan fingerprint density at radius 1 is 0.964 bits per heavy atom. The van der Waals surface area contributed by atoms with Crippen molar-refractivity contribution in [3.8, 4) is 5.75 Å². The fourth-order valence-corrected chi connectivity index (χ4v) is 3.48. The third-order valence-electron chi connectivity index (χ3n) is 4.97. The van der Waals surface area contributed by atoms with Crippen LogP contribution in [0.25, 0.3) is 0 Å². The predicted octanol–water partition coefficient (Wildman–Crippen LogP) is 4.62. The minimum absolute atomic E-state index is 0.00330. The van der Waals surface area contributed by atoms with Crippen molar-refractivity contribution in [2.75, 3.05) is 7.11 Å². The van der Waals surface area contributed by atoms with Gasteiger partial charge in [-0.05, 0) is 41.0 Å². The van der Waals surface area contributed by atoms with Crippen molar-refractivity contribution in [1.29, 1.82) is 0 Å². The van der Waals surface area contributed by atoms with Crippen LogP contribution < -0.4 is 4.74 Å². The second-order valence-corrected chi connectivity index (χ2v) is 6.81. The highest BCUT2D eigenvalue weighted by Gasteiger charge is 2.32. The zero-order chi connectivity index (χ0) is 19.3. The molecule has 1 atom stereocenters. The molecule has 4 heteroatoms. The molecule has 1 aliphatic heterocycles. The van der Waals surface area contributed by atoms with E-state index in [1.807, 2.05) is 72.8 Å². The molecule has 0 bridgehead atoms. The number of nitrogens with zero attached hydrogens (tertiary/aromatic N) is 2. The maximum absolute atomic E-state index is 13.1. The topological polar surface area (TPSA) is 41.9 Å². The van der Waals surface area contributed by atoms with Crippen molar-refractivity contribution < 1.29 is 9.53 Å². The number of rotatable bonds is 5. The van der Waals surface area contributed by atoms with Crippen LogP contribution in [0.2, 0.25) is 0 Å². The van der Waals surface area contributed by atoms with E-state index in [0.29, 0.717) is 12.8 Å². The van der Waals surface area contributed by atoms with Gasteiger partial charge in [0.1, 0.15) is 5.75 Å². The second kappa shape index (κ2) is 8.09. The molecule has 0 saturated heterocycles. The Labute approximate surface area is 165 Å². The minimum Gasteiger partial charge on any atom is -0.497 e. The molecule has 0 aromatic heterocycles. The van der Waals surface area contributed by atoms with E-state index >= 15 is 0 Å². The average Bonchev–Trinajstić information content (AvgIpc) is 3.21. The quantitative estimate of drug-likeness (QED) is 0.658. The van der Waals surface area contributed by atoms with E-state index in [4.69, 9.17) is 9.84 Å². The summed E-state index contributed by atoms with van der Waals surface area (Å²) in [5.41, 5.74) is 4.01. The van der Waals surface area contributed by atoms with Crippen molar-refractivity contribution in [2.24, 2.45) is 5.10 Å². The molecule has 0 N–H and O–H groups in total. The van der Waals surface area contributed by atoms with Gasteiger partial charge in [0.05, 0.1) is 25.3 Å². The lowest BCUT2D eigenvalue weighted by Crippen LogP contribution is -2.28. The van der Waals surface area contributed by atoms with Gasteiger partial charge in [-0.25, -0.2) is 5.01 Å². The lowest BCUT2D eigenvalue weighted by Gasteiger charge is -2.22. The summed E-state index contributed by atoms with van der Waals surface area (Å²) in [6, 6.07) is 27.6. The highest BCUT2D eigenvalue weighted by atomic mass is 16.5. The van der Waals surface area contributed by atoms with Crippen LogP contribution in [0.5, 0.6) is 5.75 Å². The summed E-state index contributed by atoms with van der Waals surface area (Å²) in [5, 5.41) is 6.38. The van der Waals surface area contributed by atoms with Crippen molar-refractivity contribution >= 4 is 11.6 Å². The summed E-state index contributed by atoms with van der Waals surface area (Å²) in [4.78, 5) is 13.1. The number of hydrogen-bond donors (Lipinski definition) is 0. The van der Waals surface area contributed by atoms with Crippen molar-refractivity contribution in [1.82, 2.24) is 5.01 Å². The molecule has 4 rings (SSSR count). The van der Waals surface area contributed by atoms with Gasteiger partial charge in [0.15, 0.2) is 0 Å². The first-order valence-electron chi connectivity index (χ1n) is 9.37. The molecule has 1 amide bonds. The largest absolute Gasteiger partial charge is 0.497 e. The van der Waals surface area contributed by atoms with Crippen LogP contribution in [0.15, 0.2) is 90.0 Å². The normalized spacial score (nSPS) is 16.0. The molecule has 0 radical (unpaired) electrons. The molecule has 140 valence electrons. The second-order valence-electron chi connectivity index (χ2n) is 6.81. The minimum atomic E-state index is -0.0884. The number of hydrazone groups is 1. The van der Waals surface area contributed by atoms with Gasteiger partial charge in [-0.3, -0.25) is 4.79 Å². The Morgan fingerprint density at radius 2 is 1.61 bits per heavy atom. The molecule has 4 nitrogen and oxygen atoms in total. The molecule has 1 aliphatic rings. The van der Waals surface area contributed by atoms with E-state index in [-0.39, 0.29) is 11.9 Å². The maximum atomic E-state index is 13.1. The van der Waals surface area contributed by atoms with Crippen molar-refractivity contribution in [2.45, 2.75) is 18.9 Å². The first-order valence-corrected chi connectivity index (χ1v) is 9.37. The SMILES string of the molecule is COc1ccc(C2=NN(C(=O)Cc3ccccc3)[C@@H](c3ccccc3)C2)cc1. The molecule has 0 aliphatic carbocycles. The molecule has 0 saturated carbocycles. The number of carbonyl (C=O) groups is 1. The van der Waals surface area contributed by atoms with Crippen molar-refractivity contribution in [3.05, 3.63) is 102 Å². The van der Waals surface area contributed by atoms with Gasteiger partial charge < -0.3 is 4.74 Å². The highest BCUT2D eigenvalue weighted by Crippen LogP contribution is 2.33. The lowest BCUT2D eigenvalue weighted by atomic mass is 9.98. The van der Waals surface area contributed by atoms with Crippen LogP contribution >= 0.6 is 0 Å². The standard InChI is InChI=1S/C24H22N2O2/c1-28-21-14-12-19(13-15-21)22-17-23(20-10-6-3-7-11-20)26(25-22)24(27)16-18-8-4-2-5-9-18/h2-15,23H,16-17H2,1H3/t23-/m1/s1. The van der Waals surface area contributed by atoms with Crippen LogP contribution in [-0.2, 0) is 11.2 Å². The molecular formula is C24H22N2O2. The average molecular weight is 370 g/mol. The fraction of sp³-hybridized carbons (Fsp3) is 0.167. The number of benzene rings is 3. The van der Waals surface area contributed by atoms with E-state index in [1.165, 1.54) is 0 Å². The smallest absolute Gasteiger partial charge is 0.247 e. The van der Waals surface area contributed by atoms with Crippen LogP contribution in [0.1, 0.15) is 29.2 Å². The van der Waals surface area contributed by atoms with E-state index in [1.54, 1.807) is 12.1 Å². The molecule has 0 unspecified atom stereocenters. The molecule has 0 spiro atoms. The summed E-state index contributed by atoms with van der Waals surface area (Å²) in [6.07, 6.45) is 1.03. The van der Waals surface area contributed by atoms with Crippen LogP contribution in [0, 0.1) is 0 Å². The zero-order valence-electron chi connectivity index (χ0n) is 15.8. The van der Waals surface area contributed by atoms with Gasteiger partial charge in [0.25, 0.3) is 0 Å². The van der Waals surface area contributed by atoms with E-state index in [9.17, 15) is 4.79 Å².